The Morgan fingerprint density at radius 3 is 2.91 bits per heavy atom. The lowest BCUT2D eigenvalue weighted by molar-refractivity contribution is 0.117. The maximum Gasteiger partial charge on any atom is 0.194 e. The van der Waals surface area contributed by atoms with Gasteiger partial charge in [0.15, 0.2) is 5.96 Å². The first-order chi connectivity index (χ1) is 11.3. The summed E-state index contributed by atoms with van der Waals surface area (Å²) in [6, 6.07) is 10.8. The number of ether oxygens (including phenoxy) is 1. The van der Waals surface area contributed by atoms with Gasteiger partial charge in [0.05, 0.1) is 12.6 Å². The fourth-order valence-electron chi connectivity index (χ4n) is 3.54. The second-order valence-electron chi connectivity index (χ2n) is 6.62. The van der Waals surface area contributed by atoms with E-state index in [9.17, 15) is 0 Å². The normalized spacial score (nSPS) is 25.1. The molecular weight excluding hydrogens is 286 g/mol. The summed E-state index contributed by atoms with van der Waals surface area (Å²) in [4.78, 5) is 7.25. The molecule has 2 fully saturated rings. The predicted octanol–water partition coefficient (Wildman–Crippen LogP) is 2.70. The second-order valence-corrected chi connectivity index (χ2v) is 6.62. The number of nitrogens with zero attached hydrogens (tertiary/aromatic N) is 2. The number of benzene rings is 1. The molecule has 126 valence electrons. The average Bonchev–Trinajstić information content (AvgIpc) is 3.24. The topological polar surface area (TPSA) is 36.9 Å². The van der Waals surface area contributed by atoms with Gasteiger partial charge in [-0.15, -0.1) is 0 Å². The molecule has 0 aromatic heterocycles. The zero-order chi connectivity index (χ0) is 15.9. The van der Waals surface area contributed by atoms with Crippen molar-refractivity contribution >= 4 is 5.96 Å². The Morgan fingerprint density at radius 2 is 2.17 bits per heavy atom. The van der Waals surface area contributed by atoms with Gasteiger partial charge in [-0.05, 0) is 44.1 Å². The maximum absolute atomic E-state index is 5.69. The molecule has 2 aliphatic heterocycles. The van der Waals surface area contributed by atoms with Gasteiger partial charge in [0.2, 0.25) is 0 Å². The van der Waals surface area contributed by atoms with E-state index in [-0.39, 0.29) is 0 Å². The van der Waals surface area contributed by atoms with Gasteiger partial charge in [0.1, 0.15) is 0 Å². The largest absolute Gasteiger partial charge is 0.376 e. The summed E-state index contributed by atoms with van der Waals surface area (Å²) in [7, 11) is 0. The van der Waals surface area contributed by atoms with Gasteiger partial charge < -0.3 is 15.0 Å². The van der Waals surface area contributed by atoms with Crippen molar-refractivity contribution in [2.24, 2.45) is 10.9 Å². The number of likely N-dealkylation sites (tertiary alicyclic amines) is 1. The third kappa shape index (κ3) is 4.71. The van der Waals surface area contributed by atoms with E-state index in [0.717, 1.165) is 51.1 Å². The van der Waals surface area contributed by atoms with Crippen LogP contribution in [0.3, 0.4) is 0 Å². The molecule has 1 N–H and O–H groups in total. The molecule has 4 nitrogen and oxygen atoms in total. The van der Waals surface area contributed by atoms with Crippen LogP contribution in [0, 0.1) is 5.92 Å². The van der Waals surface area contributed by atoms with Gasteiger partial charge in [0.25, 0.3) is 0 Å². The van der Waals surface area contributed by atoms with E-state index < -0.39 is 0 Å². The molecule has 2 saturated heterocycles. The summed E-state index contributed by atoms with van der Waals surface area (Å²) in [6.45, 7) is 6.96. The molecule has 2 atom stereocenters. The highest BCUT2D eigenvalue weighted by molar-refractivity contribution is 5.80. The lowest BCUT2D eigenvalue weighted by Gasteiger charge is -2.22. The van der Waals surface area contributed by atoms with Crippen molar-refractivity contribution in [3.8, 4) is 0 Å². The third-order valence-electron chi connectivity index (χ3n) is 4.76. The highest BCUT2D eigenvalue weighted by atomic mass is 16.5. The monoisotopic (exact) mass is 315 g/mol. The first-order valence-corrected chi connectivity index (χ1v) is 9.04. The standard InChI is InChI=1S/C19H29N3O/c1-2-20-19(21-14-18-9-6-12-23-18)22-11-10-17(15-22)13-16-7-4-3-5-8-16/h3-5,7-8,17-18H,2,6,9-15H2,1H3,(H,20,21). The number of hydrogen-bond donors (Lipinski definition) is 1. The van der Waals surface area contributed by atoms with Crippen molar-refractivity contribution in [2.75, 3.05) is 32.8 Å². The van der Waals surface area contributed by atoms with E-state index in [1.54, 1.807) is 0 Å². The van der Waals surface area contributed by atoms with Gasteiger partial charge in [0, 0.05) is 26.2 Å². The van der Waals surface area contributed by atoms with Gasteiger partial charge in [-0.25, -0.2) is 0 Å². The number of guanidine groups is 1. The summed E-state index contributed by atoms with van der Waals surface area (Å²) in [5.41, 5.74) is 1.45. The van der Waals surface area contributed by atoms with Crippen molar-refractivity contribution < 1.29 is 4.74 Å². The van der Waals surface area contributed by atoms with Crippen molar-refractivity contribution in [1.82, 2.24) is 10.2 Å². The first kappa shape index (κ1) is 16.3. The molecule has 4 heteroatoms. The number of rotatable bonds is 5. The Bertz CT molecular complexity index is 497. The van der Waals surface area contributed by atoms with Crippen LogP contribution in [0.4, 0.5) is 0 Å². The molecule has 0 spiro atoms. The molecule has 0 aliphatic carbocycles. The molecule has 3 rings (SSSR count). The quantitative estimate of drug-likeness (QED) is 0.670. The summed E-state index contributed by atoms with van der Waals surface area (Å²) < 4.78 is 5.69. The van der Waals surface area contributed by atoms with Crippen LogP contribution in [-0.2, 0) is 11.2 Å². The van der Waals surface area contributed by atoms with Crippen molar-refractivity contribution in [2.45, 2.75) is 38.7 Å². The Labute approximate surface area is 139 Å². The minimum absolute atomic E-state index is 0.325. The van der Waals surface area contributed by atoms with E-state index in [1.807, 2.05) is 0 Å². The fraction of sp³-hybridized carbons (Fsp3) is 0.632. The average molecular weight is 315 g/mol. The first-order valence-electron chi connectivity index (χ1n) is 9.04. The van der Waals surface area contributed by atoms with Crippen LogP contribution < -0.4 is 5.32 Å². The van der Waals surface area contributed by atoms with Crippen LogP contribution in [0.5, 0.6) is 0 Å². The molecule has 2 unspecified atom stereocenters. The Balaban J connectivity index is 1.54. The minimum Gasteiger partial charge on any atom is -0.376 e. The molecule has 2 heterocycles. The third-order valence-corrected chi connectivity index (χ3v) is 4.76. The SMILES string of the molecule is CCNC(=NCC1CCCO1)N1CCC(Cc2ccccc2)C1. The molecule has 0 saturated carbocycles. The zero-order valence-corrected chi connectivity index (χ0v) is 14.2. The van der Waals surface area contributed by atoms with E-state index in [4.69, 9.17) is 9.73 Å². The van der Waals surface area contributed by atoms with Crippen LogP contribution in [0.2, 0.25) is 0 Å². The van der Waals surface area contributed by atoms with Crippen LogP contribution in [-0.4, -0.2) is 49.7 Å². The zero-order valence-electron chi connectivity index (χ0n) is 14.2. The molecule has 0 bridgehead atoms. The summed E-state index contributed by atoms with van der Waals surface area (Å²) in [5, 5.41) is 3.45. The van der Waals surface area contributed by atoms with Crippen molar-refractivity contribution in [1.29, 1.82) is 0 Å². The van der Waals surface area contributed by atoms with Crippen molar-refractivity contribution in [3.63, 3.8) is 0 Å². The minimum atomic E-state index is 0.325. The number of hydrogen-bond acceptors (Lipinski definition) is 2. The highest BCUT2D eigenvalue weighted by Crippen LogP contribution is 2.21. The van der Waals surface area contributed by atoms with Gasteiger partial charge in [-0.3, -0.25) is 4.99 Å². The van der Waals surface area contributed by atoms with E-state index in [2.05, 4.69) is 47.5 Å². The lowest BCUT2D eigenvalue weighted by Crippen LogP contribution is -2.40. The molecule has 0 radical (unpaired) electrons. The summed E-state index contributed by atoms with van der Waals surface area (Å²) in [6.07, 6.45) is 5.08. The Morgan fingerprint density at radius 1 is 1.30 bits per heavy atom. The van der Waals surface area contributed by atoms with E-state index in [0.29, 0.717) is 6.10 Å². The van der Waals surface area contributed by atoms with Gasteiger partial charge >= 0.3 is 0 Å². The highest BCUT2D eigenvalue weighted by Gasteiger charge is 2.25. The van der Waals surface area contributed by atoms with Crippen LogP contribution in [0.1, 0.15) is 31.7 Å². The van der Waals surface area contributed by atoms with Crippen LogP contribution >= 0.6 is 0 Å². The number of aliphatic imine (C=N–C) groups is 1. The molecule has 1 aromatic rings. The van der Waals surface area contributed by atoms with Gasteiger partial charge in [-0.2, -0.15) is 0 Å². The summed E-state index contributed by atoms with van der Waals surface area (Å²) in [5.74, 6) is 1.79. The summed E-state index contributed by atoms with van der Waals surface area (Å²) >= 11 is 0. The Hall–Kier alpha value is -1.55. The van der Waals surface area contributed by atoms with E-state index >= 15 is 0 Å². The van der Waals surface area contributed by atoms with Crippen LogP contribution in [0.25, 0.3) is 0 Å². The Kier molecular flexibility index (Phi) is 5.92. The molecular formula is C19H29N3O. The molecule has 23 heavy (non-hydrogen) atoms. The maximum atomic E-state index is 5.69. The lowest BCUT2D eigenvalue weighted by atomic mass is 9.99. The molecule has 0 amide bonds. The second kappa shape index (κ2) is 8.34. The van der Waals surface area contributed by atoms with Gasteiger partial charge in [-0.1, -0.05) is 30.3 Å². The van der Waals surface area contributed by atoms with E-state index in [1.165, 1.54) is 24.8 Å². The van der Waals surface area contributed by atoms with Crippen LogP contribution in [0.15, 0.2) is 35.3 Å². The molecule has 1 aromatic carbocycles. The van der Waals surface area contributed by atoms with Crippen molar-refractivity contribution in [3.05, 3.63) is 35.9 Å². The predicted molar refractivity (Wildman–Crippen MR) is 94.8 cm³/mol. The number of nitrogens with one attached hydrogen (secondary N) is 1. The molecule has 2 aliphatic rings. The smallest absolute Gasteiger partial charge is 0.194 e. The fourth-order valence-corrected chi connectivity index (χ4v) is 3.54.